The zero-order chi connectivity index (χ0) is 10.7. The highest BCUT2D eigenvalue weighted by molar-refractivity contribution is 9.10. The zero-order valence-corrected chi connectivity index (χ0v) is 10.4. The van der Waals surface area contributed by atoms with Crippen molar-refractivity contribution in [3.8, 4) is 0 Å². The monoisotopic (exact) mass is 270 g/mol. The van der Waals surface area contributed by atoms with Crippen LogP contribution in [-0.4, -0.2) is 36.1 Å². The van der Waals surface area contributed by atoms with Crippen molar-refractivity contribution in [3.63, 3.8) is 0 Å². The number of hydrogen-bond donors (Lipinski definition) is 1. The number of piperidine rings is 1. The Morgan fingerprint density at radius 2 is 2.47 bits per heavy atom. The predicted octanol–water partition coefficient (Wildman–Crippen LogP) is 1.43. The van der Waals surface area contributed by atoms with Crippen LogP contribution < -0.4 is 10.2 Å². The highest BCUT2D eigenvalue weighted by Gasteiger charge is 2.20. The molecular formula is C10H15BrN4. The summed E-state index contributed by atoms with van der Waals surface area (Å²) in [6, 6.07) is 0.532. The normalized spacial score (nSPS) is 21.3. The Morgan fingerprint density at radius 3 is 3.13 bits per heavy atom. The summed E-state index contributed by atoms with van der Waals surface area (Å²) in [4.78, 5) is 10.5. The SMILES string of the molecule is CN(c1ncncc1Br)C1CCCNC1. The van der Waals surface area contributed by atoms with Crippen LogP contribution in [0.5, 0.6) is 0 Å². The molecule has 1 aromatic rings. The fourth-order valence-corrected chi connectivity index (χ4v) is 2.40. The van der Waals surface area contributed by atoms with E-state index in [1.54, 1.807) is 12.5 Å². The molecule has 5 heteroatoms. The van der Waals surface area contributed by atoms with Gasteiger partial charge in [0.25, 0.3) is 0 Å². The van der Waals surface area contributed by atoms with Gasteiger partial charge in [0.15, 0.2) is 0 Å². The van der Waals surface area contributed by atoms with Gasteiger partial charge >= 0.3 is 0 Å². The van der Waals surface area contributed by atoms with E-state index in [0.29, 0.717) is 6.04 Å². The number of anilines is 1. The summed E-state index contributed by atoms with van der Waals surface area (Å²) >= 11 is 3.48. The second-order valence-corrected chi connectivity index (χ2v) is 4.66. The Morgan fingerprint density at radius 1 is 1.60 bits per heavy atom. The second kappa shape index (κ2) is 4.90. The highest BCUT2D eigenvalue weighted by Crippen LogP contribution is 2.24. The average Bonchev–Trinajstić information content (AvgIpc) is 2.30. The van der Waals surface area contributed by atoms with E-state index < -0.39 is 0 Å². The molecular weight excluding hydrogens is 256 g/mol. The van der Waals surface area contributed by atoms with Gasteiger partial charge in [0, 0.05) is 25.8 Å². The van der Waals surface area contributed by atoms with E-state index in [0.717, 1.165) is 23.4 Å². The molecule has 0 radical (unpaired) electrons. The summed E-state index contributed by atoms with van der Waals surface area (Å²) in [5.41, 5.74) is 0. The van der Waals surface area contributed by atoms with Crippen LogP contribution in [0.1, 0.15) is 12.8 Å². The lowest BCUT2D eigenvalue weighted by molar-refractivity contribution is 0.443. The molecule has 1 aliphatic heterocycles. The van der Waals surface area contributed by atoms with Crippen molar-refractivity contribution >= 4 is 21.7 Å². The first kappa shape index (κ1) is 10.8. The van der Waals surface area contributed by atoms with Gasteiger partial charge in [-0.1, -0.05) is 0 Å². The molecule has 1 unspecified atom stereocenters. The number of nitrogens with zero attached hydrogens (tertiary/aromatic N) is 3. The Bertz CT molecular complexity index is 325. The second-order valence-electron chi connectivity index (χ2n) is 3.81. The maximum atomic E-state index is 4.29. The van der Waals surface area contributed by atoms with Crippen LogP contribution in [0.15, 0.2) is 17.0 Å². The molecule has 0 bridgehead atoms. The first-order valence-electron chi connectivity index (χ1n) is 5.18. The van der Waals surface area contributed by atoms with Gasteiger partial charge in [0.05, 0.1) is 4.47 Å². The minimum atomic E-state index is 0.532. The summed E-state index contributed by atoms with van der Waals surface area (Å²) in [5, 5.41) is 3.40. The van der Waals surface area contributed by atoms with E-state index in [1.165, 1.54) is 12.8 Å². The van der Waals surface area contributed by atoms with E-state index in [-0.39, 0.29) is 0 Å². The van der Waals surface area contributed by atoms with Crippen molar-refractivity contribution < 1.29 is 0 Å². The van der Waals surface area contributed by atoms with Gasteiger partial charge in [-0.15, -0.1) is 0 Å². The molecule has 4 nitrogen and oxygen atoms in total. The summed E-state index contributed by atoms with van der Waals surface area (Å²) in [6.45, 7) is 2.17. The number of aromatic nitrogens is 2. The van der Waals surface area contributed by atoms with Crippen molar-refractivity contribution in [2.24, 2.45) is 0 Å². The van der Waals surface area contributed by atoms with Gasteiger partial charge in [-0.05, 0) is 35.3 Å². The molecule has 1 N–H and O–H groups in total. The van der Waals surface area contributed by atoms with E-state index in [9.17, 15) is 0 Å². The minimum Gasteiger partial charge on any atom is -0.354 e. The van der Waals surface area contributed by atoms with Gasteiger partial charge in [0.1, 0.15) is 12.1 Å². The van der Waals surface area contributed by atoms with E-state index >= 15 is 0 Å². The molecule has 15 heavy (non-hydrogen) atoms. The lowest BCUT2D eigenvalue weighted by Crippen LogP contribution is -2.44. The number of nitrogens with one attached hydrogen (secondary N) is 1. The maximum absolute atomic E-state index is 4.29. The van der Waals surface area contributed by atoms with Gasteiger partial charge in [0.2, 0.25) is 0 Å². The molecule has 0 aromatic carbocycles. The Labute approximate surface area is 98.2 Å². The summed E-state index contributed by atoms with van der Waals surface area (Å²) in [6.07, 6.45) is 5.83. The van der Waals surface area contributed by atoms with E-state index in [2.05, 4.69) is 43.2 Å². The van der Waals surface area contributed by atoms with Crippen molar-refractivity contribution in [3.05, 3.63) is 17.0 Å². The smallest absolute Gasteiger partial charge is 0.146 e. The van der Waals surface area contributed by atoms with Crippen LogP contribution in [-0.2, 0) is 0 Å². The van der Waals surface area contributed by atoms with Gasteiger partial charge in [-0.2, -0.15) is 0 Å². The molecule has 0 spiro atoms. The van der Waals surface area contributed by atoms with Crippen LogP contribution in [0.25, 0.3) is 0 Å². The quantitative estimate of drug-likeness (QED) is 0.883. The average molecular weight is 271 g/mol. The first-order chi connectivity index (χ1) is 7.29. The van der Waals surface area contributed by atoms with Crippen molar-refractivity contribution in [2.75, 3.05) is 25.0 Å². The molecule has 1 aliphatic rings. The molecule has 1 fully saturated rings. The third-order valence-electron chi connectivity index (χ3n) is 2.80. The Hall–Kier alpha value is -0.680. The third kappa shape index (κ3) is 2.46. The topological polar surface area (TPSA) is 41.1 Å². The van der Waals surface area contributed by atoms with Gasteiger partial charge in [-0.25, -0.2) is 9.97 Å². The first-order valence-corrected chi connectivity index (χ1v) is 5.97. The van der Waals surface area contributed by atoms with E-state index in [4.69, 9.17) is 0 Å². The minimum absolute atomic E-state index is 0.532. The number of rotatable bonds is 2. The molecule has 1 atom stereocenters. The fraction of sp³-hybridized carbons (Fsp3) is 0.600. The van der Waals surface area contributed by atoms with Gasteiger partial charge in [-0.3, -0.25) is 0 Å². The van der Waals surface area contributed by atoms with Crippen LogP contribution in [0.4, 0.5) is 5.82 Å². The molecule has 0 amide bonds. The Kier molecular flexibility index (Phi) is 3.53. The molecule has 0 saturated carbocycles. The molecule has 1 saturated heterocycles. The van der Waals surface area contributed by atoms with E-state index in [1.807, 2.05) is 0 Å². The number of likely N-dealkylation sites (N-methyl/N-ethyl adjacent to an activating group) is 1. The zero-order valence-electron chi connectivity index (χ0n) is 8.78. The van der Waals surface area contributed by atoms with Crippen LogP contribution in [0.2, 0.25) is 0 Å². The largest absolute Gasteiger partial charge is 0.354 e. The van der Waals surface area contributed by atoms with Crippen LogP contribution in [0, 0.1) is 0 Å². The highest BCUT2D eigenvalue weighted by atomic mass is 79.9. The van der Waals surface area contributed by atoms with Crippen molar-refractivity contribution in [1.82, 2.24) is 15.3 Å². The predicted molar refractivity (Wildman–Crippen MR) is 64.0 cm³/mol. The summed E-state index contributed by atoms with van der Waals surface area (Å²) in [5.74, 6) is 0.971. The van der Waals surface area contributed by atoms with Gasteiger partial charge < -0.3 is 10.2 Å². The molecule has 2 heterocycles. The third-order valence-corrected chi connectivity index (χ3v) is 3.36. The maximum Gasteiger partial charge on any atom is 0.146 e. The molecule has 82 valence electrons. The number of hydrogen-bond acceptors (Lipinski definition) is 4. The van der Waals surface area contributed by atoms with Crippen LogP contribution in [0.3, 0.4) is 0 Å². The lowest BCUT2D eigenvalue weighted by Gasteiger charge is -2.32. The van der Waals surface area contributed by atoms with Crippen molar-refractivity contribution in [1.29, 1.82) is 0 Å². The number of halogens is 1. The Balaban J connectivity index is 2.12. The lowest BCUT2D eigenvalue weighted by atomic mass is 10.1. The summed E-state index contributed by atoms with van der Waals surface area (Å²) in [7, 11) is 2.09. The standard InChI is InChI=1S/C10H15BrN4/c1-15(8-3-2-4-12-5-8)10-9(11)6-13-7-14-10/h6-8,12H,2-5H2,1H3. The molecule has 0 aliphatic carbocycles. The molecule has 1 aromatic heterocycles. The fourth-order valence-electron chi connectivity index (χ4n) is 1.90. The van der Waals surface area contributed by atoms with Crippen LogP contribution >= 0.6 is 15.9 Å². The summed E-state index contributed by atoms with van der Waals surface area (Å²) < 4.78 is 0.957. The van der Waals surface area contributed by atoms with Crippen molar-refractivity contribution in [2.45, 2.75) is 18.9 Å². The molecule has 2 rings (SSSR count).